The molecule has 0 unspecified atom stereocenters. The van der Waals surface area contributed by atoms with Crippen LogP contribution in [0.15, 0.2) is 99.6 Å². The van der Waals surface area contributed by atoms with Crippen molar-refractivity contribution in [2.75, 3.05) is 5.01 Å². The number of amides is 1. The summed E-state index contributed by atoms with van der Waals surface area (Å²) in [5, 5.41) is 16.9. The summed E-state index contributed by atoms with van der Waals surface area (Å²) in [6.45, 7) is 1.71. The number of hydrazone groups is 1. The topological polar surface area (TPSA) is 87.3 Å². The summed E-state index contributed by atoms with van der Waals surface area (Å²) in [6, 6.07) is 22.4. The van der Waals surface area contributed by atoms with E-state index >= 15 is 0 Å². The molecular formula is C26H18ClN5O2S. The van der Waals surface area contributed by atoms with Crippen molar-refractivity contribution in [2.24, 2.45) is 15.3 Å². The molecule has 0 saturated heterocycles. The quantitative estimate of drug-likeness (QED) is 0.222. The number of hydrogen-bond donors (Lipinski definition) is 0. The van der Waals surface area contributed by atoms with Crippen LogP contribution < -0.4 is 5.01 Å². The van der Waals surface area contributed by atoms with Crippen LogP contribution in [0.25, 0.3) is 11.3 Å². The van der Waals surface area contributed by atoms with E-state index in [1.165, 1.54) is 16.3 Å². The second-order valence-corrected chi connectivity index (χ2v) is 9.02. The summed E-state index contributed by atoms with van der Waals surface area (Å²) in [5.74, 6) is -0.590. The molecule has 1 aliphatic rings. The standard InChI is InChI=1S/C26H18ClN5O2S/c1-16-23(25(34)32(31-16)26-28-22(15-35-26)17-8-4-2-5-9-17)30-29-21-13-12-19(27)14-20(21)24(33)18-10-6-3-7-11-18/h2-15,23H,1H3/t23-/m1/s1. The van der Waals surface area contributed by atoms with Crippen LogP contribution in [-0.4, -0.2) is 28.4 Å². The van der Waals surface area contributed by atoms with E-state index in [0.717, 1.165) is 11.3 Å². The average molecular weight is 500 g/mol. The van der Waals surface area contributed by atoms with E-state index in [9.17, 15) is 9.59 Å². The highest BCUT2D eigenvalue weighted by molar-refractivity contribution is 7.14. The minimum absolute atomic E-state index is 0.233. The molecule has 1 atom stereocenters. The maximum atomic E-state index is 13.1. The minimum Gasteiger partial charge on any atom is -0.289 e. The summed E-state index contributed by atoms with van der Waals surface area (Å²) in [5.41, 5.74) is 3.34. The lowest BCUT2D eigenvalue weighted by Gasteiger charge is -2.09. The highest BCUT2D eigenvalue weighted by Crippen LogP contribution is 2.31. The predicted octanol–water partition coefficient (Wildman–Crippen LogP) is 6.57. The van der Waals surface area contributed by atoms with Gasteiger partial charge in [0.05, 0.1) is 22.7 Å². The molecule has 35 heavy (non-hydrogen) atoms. The SMILES string of the molecule is CC1=NN(c2nc(-c3ccccc3)cs2)C(=O)[C@@H]1N=Nc1ccc(Cl)cc1C(=O)c1ccccc1. The first kappa shape index (κ1) is 22.8. The molecule has 0 fully saturated rings. The van der Waals surface area contributed by atoms with Crippen molar-refractivity contribution in [3.63, 3.8) is 0 Å². The fraction of sp³-hybridized carbons (Fsp3) is 0.0769. The Kier molecular flexibility index (Phi) is 6.31. The van der Waals surface area contributed by atoms with E-state index in [1.54, 1.807) is 49.4 Å². The molecule has 0 radical (unpaired) electrons. The molecule has 2 heterocycles. The molecule has 7 nitrogen and oxygen atoms in total. The van der Waals surface area contributed by atoms with Gasteiger partial charge in [0.1, 0.15) is 0 Å². The van der Waals surface area contributed by atoms with Gasteiger partial charge >= 0.3 is 0 Å². The number of benzene rings is 3. The Morgan fingerprint density at radius 2 is 1.74 bits per heavy atom. The molecule has 0 N–H and O–H groups in total. The summed E-state index contributed by atoms with van der Waals surface area (Å²) >= 11 is 7.47. The Bertz CT molecular complexity index is 1470. The van der Waals surface area contributed by atoms with Gasteiger partial charge in [-0.25, -0.2) is 4.98 Å². The van der Waals surface area contributed by atoms with Crippen LogP contribution in [0.1, 0.15) is 22.8 Å². The number of rotatable bonds is 6. The number of anilines is 1. The predicted molar refractivity (Wildman–Crippen MR) is 138 cm³/mol. The lowest BCUT2D eigenvalue weighted by molar-refractivity contribution is -0.117. The molecular weight excluding hydrogens is 482 g/mol. The largest absolute Gasteiger partial charge is 0.289 e. The number of ketones is 1. The maximum Gasteiger partial charge on any atom is 0.282 e. The number of azo groups is 1. The van der Waals surface area contributed by atoms with Crippen LogP contribution in [-0.2, 0) is 4.79 Å². The second-order valence-electron chi connectivity index (χ2n) is 7.75. The number of aromatic nitrogens is 1. The van der Waals surface area contributed by atoms with Crippen molar-refractivity contribution >= 4 is 51.2 Å². The van der Waals surface area contributed by atoms with Gasteiger partial charge < -0.3 is 0 Å². The van der Waals surface area contributed by atoms with Gasteiger partial charge in [-0.05, 0) is 25.1 Å². The summed E-state index contributed by atoms with van der Waals surface area (Å²) in [4.78, 5) is 30.7. The molecule has 1 amide bonds. The maximum absolute atomic E-state index is 13.1. The van der Waals surface area contributed by atoms with Crippen molar-refractivity contribution in [1.29, 1.82) is 0 Å². The Balaban J connectivity index is 1.39. The number of carbonyl (C=O) groups is 2. The zero-order valence-corrected chi connectivity index (χ0v) is 20.1. The first-order valence-corrected chi connectivity index (χ1v) is 12.0. The number of nitrogens with zero attached hydrogens (tertiary/aromatic N) is 5. The van der Waals surface area contributed by atoms with Crippen molar-refractivity contribution in [1.82, 2.24) is 4.98 Å². The molecule has 5 rings (SSSR count). The van der Waals surface area contributed by atoms with Crippen molar-refractivity contribution < 1.29 is 9.59 Å². The molecule has 4 aromatic rings. The number of hydrogen-bond acceptors (Lipinski definition) is 7. The van der Waals surface area contributed by atoms with E-state index < -0.39 is 6.04 Å². The highest BCUT2D eigenvalue weighted by atomic mass is 35.5. The molecule has 9 heteroatoms. The van der Waals surface area contributed by atoms with Gasteiger partial charge in [-0.1, -0.05) is 72.3 Å². The Morgan fingerprint density at radius 1 is 1.03 bits per heavy atom. The van der Waals surface area contributed by atoms with Gasteiger partial charge in [0.2, 0.25) is 5.13 Å². The van der Waals surface area contributed by atoms with Crippen molar-refractivity contribution in [3.8, 4) is 11.3 Å². The van der Waals surface area contributed by atoms with Gasteiger partial charge in [-0.3, -0.25) is 9.59 Å². The van der Waals surface area contributed by atoms with Gasteiger partial charge in [0, 0.05) is 21.5 Å². The first-order valence-electron chi connectivity index (χ1n) is 10.7. The Hall–Kier alpha value is -4.01. The molecule has 0 aliphatic carbocycles. The summed E-state index contributed by atoms with van der Waals surface area (Å²) in [6.07, 6.45) is 0. The third-order valence-corrected chi connectivity index (χ3v) is 6.41. The van der Waals surface area contributed by atoms with Crippen molar-refractivity contribution in [2.45, 2.75) is 13.0 Å². The molecule has 1 aromatic heterocycles. The summed E-state index contributed by atoms with van der Waals surface area (Å²) in [7, 11) is 0. The van der Waals surface area contributed by atoms with Gasteiger partial charge in [0.25, 0.3) is 5.91 Å². The molecule has 172 valence electrons. The first-order chi connectivity index (χ1) is 17.0. The molecule has 0 saturated carbocycles. The third kappa shape index (κ3) is 4.66. The molecule has 1 aliphatic heterocycles. The molecule has 3 aromatic carbocycles. The average Bonchev–Trinajstić information content (AvgIpc) is 3.48. The van der Waals surface area contributed by atoms with Gasteiger partial charge in [-0.2, -0.15) is 20.3 Å². The number of carbonyl (C=O) groups excluding carboxylic acids is 2. The fourth-order valence-corrected chi connectivity index (χ4v) is 4.53. The van der Waals surface area contributed by atoms with E-state index in [2.05, 4.69) is 20.3 Å². The van der Waals surface area contributed by atoms with Crippen LogP contribution in [0.4, 0.5) is 10.8 Å². The van der Waals surface area contributed by atoms with E-state index in [1.807, 2.05) is 41.8 Å². The Morgan fingerprint density at radius 3 is 2.49 bits per heavy atom. The van der Waals surface area contributed by atoms with Crippen LogP contribution in [0.3, 0.4) is 0 Å². The molecule has 0 spiro atoms. The zero-order chi connectivity index (χ0) is 24.4. The lowest BCUT2D eigenvalue weighted by atomic mass is 10.0. The third-order valence-electron chi connectivity index (χ3n) is 5.36. The van der Waals surface area contributed by atoms with Crippen LogP contribution in [0.5, 0.6) is 0 Å². The summed E-state index contributed by atoms with van der Waals surface area (Å²) < 4.78 is 0. The number of thiazole rings is 1. The van der Waals surface area contributed by atoms with Gasteiger partial charge in [0.15, 0.2) is 11.8 Å². The normalized spacial score (nSPS) is 15.6. The van der Waals surface area contributed by atoms with Gasteiger partial charge in [-0.15, -0.1) is 11.3 Å². The van der Waals surface area contributed by atoms with E-state index in [-0.39, 0.29) is 11.7 Å². The monoisotopic (exact) mass is 499 g/mol. The minimum atomic E-state index is -0.908. The van der Waals surface area contributed by atoms with E-state index in [0.29, 0.717) is 32.7 Å². The van der Waals surface area contributed by atoms with Crippen LogP contribution in [0, 0.1) is 0 Å². The Labute approximate surface area is 210 Å². The molecule has 0 bridgehead atoms. The lowest BCUT2D eigenvalue weighted by Crippen LogP contribution is -2.29. The highest BCUT2D eigenvalue weighted by Gasteiger charge is 2.36. The van der Waals surface area contributed by atoms with E-state index in [4.69, 9.17) is 11.6 Å². The number of halogens is 1. The smallest absolute Gasteiger partial charge is 0.282 e. The van der Waals surface area contributed by atoms with Crippen LogP contribution in [0.2, 0.25) is 5.02 Å². The second kappa shape index (κ2) is 9.69. The fourth-order valence-electron chi connectivity index (χ4n) is 3.57. The zero-order valence-electron chi connectivity index (χ0n) is 18.5. The van der Waals surface area contributed by atoms with Crippen LogP contribution >= 0.6 is 22.9 Å². The van der Waals surface area contributed by atoms with Crippen molar-refractivity contribution in [3.05, 3.63) is 100 Å².